The van der Waals surface area contributed by atoms with Gasteiger partial charge >= 0.3 is 0 Å². The molecule has 0 aliphatic rings. The summed E-state index contributed by atoms with van der Waals surface area (Å²) in [6.45, 7) is 0. The van der Waals surface area contributed by atoms with Gasteiger partial charge in [0.15, 0.2) is 0 Å². The van der Waals surface area contributed by atoms with Gasteiger partial charge in [-0.2, -0.15) is 0 Å². The molecule has 3 rings (SSSR count). The molecular weight excluding hydrogens is 262 g/mol. The van der Waals surface area contributed by atoms with Crippen LogP contribution < -0.4 is 0 Å². The predicted molar refractivity (Wildman–Crippen MR) is 83.0 cm³/mol. The van der Waals surface area contributed by atoms with Gasteiger partial charge in [0, 0.05) is 25.9 Å². The summed E-state index contributed by atoms with van der Waals surface area (Å²) in [7, 11) is 2.00. The van der Waals surface area contributed by atoms with Crippen molar-refractivity contribution < 1.29 is 5.11 Å². The molecule has 1 N–H and O–H groups in total. The van der Waals surface area contributed by atoms with Crippen molar-refractivity contribution in [2.24, 2.45) is 7.05 Å². The Morgan fingerprint density at radius 2 is 1.90 bits per heavy atom. The molecule has 1 atom stereocenters. The van der Waals surface area contributed by atoms with Crippen LogP contribution in [0, 0.1) is 0 Å². The molecule has 0 saturated carbocycles. The predicted octanol–water partition coefficient (Wildman–Crippen LogP) is 2.50. The second kappa shape index (κ2) is 6.06. The smallest absolute Gasteiger partial charge is 0.112 e. The number of rotatable bonds is 5. The number of imidazole rings is 1. The minimum atomic E-state index is -0.381. The molecule has 108 valence electrons. The summed E-state index contributed by atoms with van der Waals surface area (Å²) < 4.78 is 2.06. The summed E-state index contributed by atoms with van der Waals surface area (Å²) >= 11 is 0. The standard InChI is InChI=1S/C17H19N3O/c1-20-16-5-3-2-4-15(16)19-17(20)12-14(21)7-6-13-8-10-18-11-9-13/h2-5,8-11,14,21H,6-7,12H2,1H3. The zero-order valence-corrected chi connectivity index (χ0v) is 12.1. The normalized spacial score (nSPS) is 12.7. The second-order valence-electron chi connectivity index (χ2n) is 5.33. The van der Waals surface area contributed by atoms with E-state index in [1.54, 1.807) is 12.4 Å². The molecule has 0 saturated heterocycles. The Kier molecular flexibility index (Phi) is 3.97. The number of aryl methyl sites for hydroxylation is 2. The van der Waals surface area contributed by atoms with Crippen molar-refractivity contribution in [3.63, 3.8) is 0 Å². The summed E-state index contributed by atoms with van der Waals surface area (Å²) in [5.74, 6) is 0.929. The Hall–Kier alpha value is -2.20. The van der Waals surface area contributed by atoms with Gasteiger partial charge in [0.2, 0.25) is 0 Å². The highest BCUT2D eigenvalue weighted by molar-refractivity contribution is 5.75. The van der Waals surface area contributed by atoms with Crippen molar-refractivity contribution in [1.29, 1.82) is 0 Å². The van der Waals surface area contributed by atoms with Crippen molar-refractivity contribution in [2.75, 3.05) is 0 Å². The zero-order valence-electron chi connectivity index (χ0n) is 12.1. The van der Waals surface area contributed by atoms with Crippen LogP contribution in [0.2, 0.25) is 0 Å². The van der Waals surface area contributed by atoms with Gasteiger partial charge in [-0.25, -0.2) is 4.98 Å². The molecule has 4 nitrogen and oxygen atoms in total. The van der Waals surface area contributed by atoms with Crippen LogP contribution >= 0.6 is 0 Å². The lowest BCUT2D eigenvalue weighted by atomic mass is 10.1. The van der Waals surface area contributed by atoms with Gasteiger partial charge in [-0.05, 0) is 42.7 Å². The maximum absolute atomic E-state index is 10.2. The van der Waals surface area contributed by atoms with Gasteiger partial charge < -0.3 is 9.67 Å². The van der Waals surface area contributed by atoms with Crippen LogP contribution in [0.5, 0.6) is 0 Å². The van der Waals surface area contributed by atoms with E-state index in [1.165, 1.54) is 5.56 Å². The summed E-state index contributed by atoms with van der Waals surface area (Å²) in [6.07, 6.45) is 5.35. The average molecular weight is 281 g/mol. The van der Waals surface area contributed by atoms with Crippen molar-refractivity contribution in [3.05, 3.63) is 60.2 Å². The first-order valence-corrected chi connectivity index (χ1v) is 7.21. The molecule has 0 radical (unpaired) electrons. The molecule has 0 aliphatic heterocycles. The van der Waals surface area contributed by atoms with Gasteiger partial charge in [-0.15, -0.1) is 0 Å². The average Bonchev–Trinajstić information content (AvgIpc) is 2.83. The number of hydrogen-bond donors (Lipinski definition) is 1. The van der Waals surface area contributed by atoms with Gasteiger partial charge in [0.25, 0.3) is 0 Å². The van der Waals surface area contributed by atoms with E-state index >= 15 is 0 Å². The molecule has 2 aromatic heterocycles. The molecule has 0 aliphatic carbocycles. The highest BCUT2D eigenvalue weighted by Gasteiger charge is 2.12. The number of para-hydroxylation sites is 2. The molecule has 3 aromatic rings. The number of pyridine rings is 1. The Morgan fingerprint density at radius 1 is 1.14 bits per heavy atom. The summed E-state index contributed by atoms with van der Waals surface area (Å²) in [4.78, 5) is 8.60. The fourth-order valence-corrected chi connectivity index (χ4v) is 2.57. The van der Waals surface area contributed by atoms with Crippen molar-refractivity contribution >= 4 is 11.0 Å². The van der Waals surface area contributed by atoms with E-state index in [9.17, 15) is 5.11 Å². The quantitative estimate of drug-likeness (QED) is 0.781. The first-order chi connectivity index (χ1) is 10.2. The molecule has 0 spiro atoms. The number of aromatic nitrogens is 3. The highest BCUT2D eigenvalue weighted by Crippen LogP contribution is 2.16. The van der Waals surface area contributed by atoms with E-state index in [-0.39, 0.29) is 6.10 Å². The van der Waals surface area contributed by atoms with Crippen LogP contribution in [0.3, 0.4) is 0 Å². The molecule has 1 unspecified atom stereocenters. The van der Waals surface area contributed by atoms with Gasteiger partial charge in [-0.1, -0.05) is 12.1 Å². The van der Waals surface area contributed by atoms with Crippen LogP contribution in [0.25, 0.3) is 11.0 Å². The summed E-state index contributed by atoms with van der Waals surface area (Å²) in [5.41, 5.74) is 3.29. The number of aliphatic hydroxyl groups is 1. The number of benzene rings is 1. The third-order valence-electron chi connectivity index (χ3n) is 3.81. The SMILES string of the molecule is Cn1c(CC(O)CCc2ccncc2)nc2ccccc21. The molecule has 2 heterocycles. The largest absolute Gasteiger partial charge is 0.393 e. The Morgan fingerprint density at radius 3 is 2.67 bits per heavy atom. The lowest BCUT2D eigenvalue weighted by molar-refractivity contribution is 0.162. The van der Waals surface area contributed by atoms with Crippen molar-refractivity contribution in [3.8, 4) is 0 Å². The molecule has 1 aromatic carbocycles. The Bertz CT molecular complexity index is 721. The number of aliphatic hydroxyl groups excluding tert-OH is 1. The Labute approximate surface area is 124 Å². The maximum Gasteiger partial charge on any atom is 0.112 e. The third kappa shape index (κ3) is 3.11. The third-order valence-corrected chi connectivity index (χ3v) is 3.81. The van der Waals surface area contributed by atoms with Crippen molar-refractivity contribution in [2.45, 2.75) is 25.4 Å². The lowest BCUT2D eigenvalue weighted by Gasteiger charge is -2.10. The van der Waals surface area contributed by atoms with E-state index in [0.717, 1.165) is 29.7 Å². The minimum absolute atomic E-state index is 0.381. The van der Waals surface area contributed by atoms with Crippen LogP contribution in [0.15, 0.2) is 48.8 Å². The number of nitrogens with zero attached hydrogens (tertiary/aromatic N) is 3. The fraction of sp³-hybridized carbons (Fsp3) is 0.294. The van der Waals surface area contributed by atoms with E-state index in [0.29, 0.717) is 6.42 Å². The molecule has 0 fully saturated rings. The molecule has 0 bridgehead atoms. The summed E-state index contributed by atoms with van der Waals surface area (Å²) in [5, 5.41) is 10.2. The van der Waals surface area contributed by atoms with Gasteiger partial charge in [0.1, 0.15) is 5.82 Å². The summed E-state index contributed by atoms with van der Waals surface area (Å²) in [6, 6.07) is 12.0. The van der Waals surface area contributed by atoms with Gasteiger partial charge in [0.05, 0.1) is 17.1 Å². The first-order valence-electron chi connectivity index (χ1n) is 7.21. The highest BCUT2D eigenvalue weighted by atomic mass is 16.3. The molecule has 0 amide bonds. The van der Waals surface area contributed by atoms with E-state index < -0.39 is 0 Å². The Balaban J connectivity index is 1.66. The number of fused-ring (bicyclic) bond motifs is 1. The molecule has 21 heavy (non-hydrogen) atoms. The molecule has 4 heteroatoms. The van der Waals surface area contributed by atoms with E-state index in [1.807, 2.05) is 37.4 Å². The second-order valence-corrected chi connectivity index (χ2v) is 5.33. The number of hydrogen-bond acceptors (Lipinski definition) is 3. The van der Waals surface area contributed by atoms with E-state index in [4.69, 9.17) is 0 Å². The molecular formula is C17H19N3O. The first kappa shape index (κ1) is 13.8. The van der Waals surface area contributed by atoms with Crippen molar-refractivity contribution in [1.82, 2.24) is 14.5 Å². The zero-order chi connectivity index (χ0) is 14.7. The minimum Gasteiger partial charge on any atom is -0.393 e. The van der Waals surface area contributed by atoms with E-state index in [2.05, 4.69) is 20.6 Å². The van der Waals surface area contributed by atoms with Crippen LogP contribution in [0.1, 0.15) is 17.8 Å². The van der Waals surface area contributed by atoms with Crippen LogP contribution in [0.4, 0.5) is 0 Å². The monoisotopic (exact) mass is 281 g/mol. The van der Waals surface area contributed by atoms with Crippen LogP contribution in [-0.4, -0.2) is 25.7 Å². The lowest BCUT2D eigenvalue weighted by Crippen LogP contribution is -2.14. The van der Waals surface area contributed by atoms with Gasteiger partial charge in [-0.3, -0.25) is 4.98 Å². The van der Waals surface area contributed by atoms with Crippen LogP contribution in [-0.2, 0) is 19.9 Å². The fourth-order valence-electron chi connectivity index (χ4n) is 2.57. The topological polar surface area (TPSA) is 50.9 Å². The maximum atomic E-state index is 10.2.